The van der Waals surface area contributed by atoms with Gasteiger partial charge in [0.1, 0.15) is 10.8 Å². The van der Waals surface area contributed by atoms with Gasteiger partial charge in [0.2, 0.25) is 0 Å². The molecule has 0 aliphatic heterocycles. The summed E-state index contributed by atoms with van der Waals surface area (Å²) in [5.41, 5.74) is 0.341. The second-order valence-electron chi connectivity index (χ2n) is 4.62. The van der Waals surface area contributed by atoms with Crippen LogP contribution in [0.4, 0.5) is 0 Å². The van der Waals surface area contributed by atoms with Crippen molar-refractivity contribution < 1.29 is 5.11 Å². The van der Waals surface area contributed by atoms with Gasteiger partial charge in [0.05, 0.1) is 16.7 Å². The van der Waals surface area contributed by atoms with Gasteiger partial charge >= 0.3 is 5.69 Å². The minimum absolute atomic E-state index is 0.172. The van der Waals surface area contributed by atoms with Crippen molar-refractivity contribution in [1.82, 2.24) is 14.1 Å². The first kappa shape index (κ1) is 12.1. The van der Waals surface area contributed by atoms with Crippen molar-refractivity contribution >= 4 is 22.6 Å². The topological polar surface area (TPSA) is 60.0 Å². The standard InChI is InChI=1S/C11H14ClN3O2/c1-11(2,17)9-8-6(5-7(12)13-9)14(3)10(16)15(8)4/h5,17H,1-4H3. The van der Waals surface area contributed by atoms with Gasteiger partial charge in [-0.1, -0.05) is 11.6 Å². The minimum atomic E-state index is -1.16. The molecule has 1 N–H and O–H groups in total. The van der Waals surface area contributed by atoms with Crippen molar-refractivity contribution in [1.29, 1.82) is 0 Å². The Morgan fingerprint density at radius 3 is 2.47 bits per heavy atom. The summed E-state index contributed by atoms with van der Waals surface area (Å²) in [5.74, 6) is 0. The second kappa shape index (κ2) is 3.58. The summed E-state index contributed by atoms with van der Waals surface area (Å²) >= 11 is 5.92. The zero-order chi connectivity index (χ0) is 13.0. The molecule has 0 aliphatic rings. The van der Waals surface area contributed by atoms with E-state index in [2.05, 4.69) is 4.98 Å². The summed E-state index contributed by atoms with van der Waals surface area (Å²) < 4.78 is 2.95. The van der Waals surface area contributed by atoms with Gasteiger partial charge in [-0.05, 0) is 13.8 Å². The fourth-order valence-electron chi connectivity index (χ4n) is 1.93. The van der Waals surface area contributed by atoms with E-state index in [1.807, 2.05) is 0 Å². The summed E-state index contributed by atoms with van der Waals surface area (Å²) in [6.07, 6.45) is 0. The predicted molar refractivity (Wildman–Crippen MR) is 66.2 cm³/mol. The Hall–Kier alpha value is -1.33. The largest absolute Gasteiger partial charge is 0.384 e. The molecule has 6 heteroatoms. The number of fused-ring (bicyclic) bond motifs is 1. The van der Waals surface area contributed by atoms with Gasteiger partial charge in [-0.3, -0.25) is 9.13 Å². The number of nitrogens with zero attached hydrogens (tertiary/aromatic N) is 3. The maximum Gasteiger partial charge on any atom is 0.328 e. The molecule has 0 amide bonds. The number of aromatic nitrogens is 3. The highest BCUT2D eigenvalue weighted by molar-refractivity contribution is 6.30. The number of aliphatic hydroxyl groups is 1. The predicted octanol–water partition coefficient (Wildman–Crippen LogP) is 1.15. The molecule has 0 radical (unpaired) electrons. The highest BCUT2D eigenvalue weighted by atomic mass is 35.5. The van der Waals surface area contributed by atoms with Gasteiger partial charge in [-0.25, -0.2) is 9.78 Å². The molecule has 0 saturated carbocycles. The SMILES string of the molecule is Cn1c(=O)n(C)c2c(C(C)(C)O)nc(Cl)cc21. The third-order valence-corrected chi connectivity index (χ3v) is 2.99. The molecular weight excluding hydrogens is 242 g/mol. The number of pyridine rings is 1. The number of hydrogen-bond donors (Lipinski definition) is 1. The van der Waals surface area contributed by atoms with Gasteiger partial charge in [0.15, 0.2) is 0 Å². The lowest BCUT2D eigenvalue weighted by Crippen LogP contribution is -2.22. The highest BCUT2D eigenvalue weighted by Crippen LogP contribution is 2.27. The van der Waals surface area contributed by atoms with Gasteiger partial charge in [0.25, 0.3) is 0 Å². The molecule has 0 fully saturated rings. The van der Waals surface area contributed by atoms with Gasteiger partial charge in [-0.15, -0.1) is 0 Å². The smallest absolute Gasteiger partial charge is 0.328 e. The minimum Gasteiger partial charge on any atom is -0.384 e. The number of rotatable bonds is 1. The number of hydrogen-bond acceptors (Lipinski definition) is 3. The Morgan fingerprint density at radius 2 is 1.94 bits per heavy atom. The van der Waals surface area contributed by atoms with E-state index in [1.54, 1.807) is 34.0 Å². The molecule has 2 aromatic rings. The van der Waals surface area contributed by atoms with E-state index in [9.17, 15) is 9.90 Å². The Bertz CT molecular complexity index is 649. The van der Waals surface area contributed by atoms with E-state index < -0.39 is 5.60 Å². The first-order valence-electron chi connectivity index (χ1n) is 5.18. The molecule has 0 saturated heterocycles. The zero-order valence-corrected chi connectivity index (χ0v) is 10.9. The zero-order valence-electron chi connectivity index (χ0n) is 10.2. The second-order valence-corrected chi connectivity index (χ2v) is 5.01. The van der Waals surface area contributed by atoms with Crippen LogP contribution in [-0.2, 0) is 19.7 Å². The molecular formula is C11H14ClN3O2. The van der Waals surface area contributed by atoms with Crippen LogP contribution < -0.4 is 5.69 Å². The number of imidazole rings is 1. The third-order valence-electron chi connectivity index (χ3n) is 2.79. The Balaban J connectivity index is 3.04. The quantitative estimate of drug-likeness (QED) is 0.778. The van der Waals surface area contributed by atoms with E-state index in [0.717, 1.165) is 0 Å². The average Bonchev–Trinajstić information content (AvgIpc) is 2.42. The molecule has 0 bridgehead atoms. The van der Waals surface area contributed by atoms with E-state index in [1.165, 1.54) is 9.13 Å². The van der Waals surface area contributed by atoms with Crippen molar-refractivity contribution in [2.45, 2.75) is 19.4 Å². The van der Waals surface area contributed by atoms with Crippen molar-refractivity contribution in [2.75, 3.05) is 0 Å². The monoisotopic (exact) mass is 255 g/mol. The summed E-state index contributed by atoms with van der Waals surface area (Å²) in [7, 11) is 3.31. The van der Waals surface area contributed by atoms with Crippen LogP contribution in [0.3, 0.4) is 0 Å². The van der Waals surface area contributed by atoms with E-state index >= 15 is 0 Å². The molecule has 92 valence electrons. The first-order chi connectivity index (χ1) is 7.73. The average molecular weight is 256 g/mol. The van der Waals surface area contributed by atoms with Gasteiger partial charge in [0, 0.05) is 20.2 Å². The van der Waals surface area contributed by atoms with Crippen LogP contribution in [0.2, 0.25) is 5.15 Å². The van der Waals surface area contributed by atoms with Crippen LogP contribution in [0.25, 0.3) is 11.0 Å². The van der Waals surface area contributed by atoms with Crippen molar-refractivity contribution in [3.8, 4) is 0 Å². The summed E-state index contributed by atoms with van der Waals surface area (Å²) in [6, 6.07) is 1.62. The summed E-state index contributed by atoms with van der Waals surface area (Å²) in [4.78, 5) is 16.0. The molecule has 0 aliphatic carbocycles. The van der Waals surface area contributed by atoms with Crippen LogP contribution in [0.15, 0.2) is 10.9 Å². The van der Waals surface area contributed by atoms with Crippen molar-refractivity contribution in [2.24, 2.45) is 14.1 Å². The summed E-state index contributed by atoms with van der Waals surface area (Å²) in [5, 5.41) is 10.4. The molecule has 5 nitrogen and oxygen atoms in total. The van der Waals surface area contributed by atoms with Gasteiger partial charge < -0.3 is 5.11 Å². The molecule has 0 spiro atoms. The Kier molecular flexibility index (Phi) is 2.56. The number of halogens is 1. The lowest BCUT2D eigenvalue weighted by Gasteiger charge is -2.18. The molecule has 0 unspecified atom stereocenters. The fourth-order valence-corrected chi connectivity index (χ4v) is 2.12. The third kappa shape index (κ3) is 1.75. The highest BCUT2D eigenvalue weighted by Gasteiger charge is 2.25. The van der Waals surface area contributed by atoms with Crippen molar-refractivity contribution in [3.63, 3.8) is 0 Å². The van der Waals surface area contributed by atoms with Crippen LogP contribution in [0.5, 0.6) is 0 Å². The Labute approximate surface area is 103 Å². The molecule has 2 heterocycles. The van der Waals surface area contributed by atoms with Crippen LogP contribution in [0.1, 0.15) is 19.5 Å². The van der Waals surface area contributed by atoms with E-state index in [0.29, 0.717) is 16.7 Å². The normalized spacial score (nSPS) is 12.4. The molecule has 2 rings (SSSR count). The van der Waals surface area contributed by atoms with Crippen molar-refractivity contribution in [3.05, 3.63) is 27.4 Å². The van der Waals surface area contributed by atoms with Gasteiger partial charge in [-0.2, -0.15) is 0 Å². The van der Waals surface area contributed by atoms with Crippen LogP contribution in [0, 0.1) is 0 Å². The lowest BCUT2D eigenvalue weighted by molar-refractivity contribution is 0.0752. The molecule has 17 heavy (non-hydrogen) atoms. The number of aryl methyl sites for hydroxylation is 2. The maximum absolute atomic E-state index is 11.9. The fraction of sp³-hybridized carbons (Fsp3) is 0.455. The van der Waals surface area contributed by atoms with Crippen LogP contribution in [-0.4, -0.2) is 19.2 Å². The first-order valence-corrected chi connectivity index (χ1v) is 5.56. The molecule has 0 aromatic carbocycles. The van der Waals surface area contributed by atoms with Crippen LogP contribution >= 0.6 is 11.6 Å². The Morgan fingerprint density at radius 1 is 1.35 bits per heavy atom. The maximum atomic E-state index is 11.9. The molecule has 2 aromatic heterocycles. The lowest BCUT2D eigenvalue weighted by atomic mass is 10.0. The van der Waals surface area contributed by atoms with E-state index in [-0.39, 0.29) is 10.8 Å². The summed E-state index contributed by atoms with van der Waals surface area (Å²) in [6.45, 7) is 3.23. The molecule has 0 atom stereocenters. The van der Waals surface area contributed by atoms with E-state index in [4.69, 9.17) is 11.6 Å².